The fourth-order valence-electron chi connectivity index (χ4n) is 1.29. The highest BCUT2D eigenvalue weighted by Crippen LogP contribution is 2.19. The summed E-state index contributed by atoms with van der Waals surface area (Å²) in [6.45, 7) is 0.419. The normalized spacial score (nSPS) is 11.7. The third-order valence-electron chi connectivity index (χ3n) is 1.95. The number of alkyl halides is 2. The number of rotatable bonds is 4. The van der Waals surface area contributed by atoms with Gasteiger partial charge in [-0.2, -0.15) is 8.78 Å². The van der Waals surface area contributed by atoms with Gasteiger partial charge in [0.1, 0.15) is 5.75 Å². The van der Waals surface area contributed by atoms with Crippen LogP contribution < -0.4 is 4.74 Å². The van der Waals surface area contributed by atoms with E-state index in [1.165, 1.54) is 25.1 Å². The van der Waals surface area contributed by atoms with Crippen LogP contribution in [0.1, 0.15) is 19.4 Å². The maximum Gasteiger partial charge on any atom is 0.387 e. The second kappa shape index (κ2) is 5.39. The standard InChI is InChI=1S/C12H12F2O2/c1-8(7-9(2)15)10-3-5-11(6-4-10)16-12(13)14/h3-7,12H,1-2H3/b8-7-. The van der Waals surface area contributed by atoms with Crippen molar-refractivity contribution in [2.45, 2.75) is 20.5 Å². The molecule has 86 valence electrons. The van der Waals surface area contributed by atoms with Crippen molar-refractivity contribution in [2.75, 3.05) is 0 Å². The Bertz CT molecular complexity index is 394. The summed E-state index contributed by atoms with van der Waals surface area (Å²) in [6.07, 6.45) is 1.49. The van der Waals surface area contributed by atoms with Gasteiger partial charge in [-0.15, -0.1) is 0 Å². The molecule has 1 rings (SSSR count). The number of carbonyl (C=O) groups excluding carboxylic acids is 1. The minimum atomic E-state index is -2.82. The molecule has 0 spiro atoms. The Morgan fingerprint density at radius 2 is 1.81 bits per heavy atom. The highest BCUT2D eigenvalue weighted by molar-refractivity contribution is 5.94. The molecule has 2 nitrogen and oxygen atoms in total. The van der Waals surface area contributed by atoms with Gasteiger partial charge in [-0.1, -0.05) is 12.1 Å². The van der Waals surface area contributed by atoms with Gasteiger partial charge in [-0.25, -0.2) is 0 Å². The molecule has 0 amide bonds. The van der Waals surface area contributed by atoms with E-state index >= 15 is 0 Å². The van der Waals surface area contributed by atoms with E-state index in [4.69, 9.17) is 0 Å². The Morgan fingerprint density at radius 3 is 2.25 bits per heavy atom. The maximum absolute atomic E-state index is 11.9. The van der Waals surface area contributed by atoms with Gasteiger partial charge in [0.15, 0.2) is 5.78 Å². The van der Waals surface area contributed by atoms with E-state index in [1.54, 1.807) is 19.1 Å². The Morgan fingerprint density at radius 1 is 1.25 bits per heavy atom. The van der Waals surface area contributed by atoms with Crippen LogP contribution >= 0.6 is 0 Å². The van der Waals surface area contributed by atoms with Crippen molar-refractivity contribution in [3.8, 4) is 5.75 Å². The predicted octanol–water partition coefficient (Wildman–Crippen LogP) is 3.28. The summed E-state index contributed by atoms with van der Waals surface area (Å²) in [4.78, 5) is 10.8. The Hall–Kier alpha value is -1.71. The van der Waals surface area contributed by atoms with Crippen LogP contribution in [0.25, 0.3) is 5.57 Å². The maximum atomic E-state index is 11.9. The summed E-state index contributed by atoms with van der Waals surface area (Å²) in [5, 5.41) is 0. The van der Waals surface area contributed by atoms with E-state index in [9.17, 15) is 13.6 Å². The van der Waals surface area contributed by atoms with Crippen molar-refractivity contribution in [1.29, 1.82) is 0 Å². The molecule has 1 aromatic carbocycles. The van der Waals surface area contributed by atoms with Crippen LogP contribution in [0, 0.1) is 0 Å². The van der Waals surface area contributed by atoms with Crippen LogP contribution in [0.5, 0.6) is 5.75 Å². The lowest BCUT2D eigenvalue weighted by atomic mass is 10.1. The summed E-state index contributed by atoms with van der Waals surface area (Å²) >= 11 is 0. The smallest absolute Gasteiger partial charge is 0.387 e. The van der Waals surface area contributed by atoms with Gasteiger partial charge < -0.3 is 4.74 Å². The lowest BCUT2D eigenvalue weighted by Crippen LogP contribution is -2.01. The molecule has 16 heavy (non-hydrogen) atoms. The molecule has 0 bridgehead atoms. The average molecular weight is 226 g/mol. The first kappa shape index (κ1) is 12.4. The second-order valence-electron chi connectivity index (χ2n) is 3.34. The van der Waals surface area contributed by atoms with E-state index < -0.39 is 6.61 Å². The number of carbonyl (C=O) groups is 1. The van der Waals surface area contributed by atoms with Crippen LogP contribution in [0.2, 0.25) is 0 Å². The molecule has 0 aromatic heterocycles. The minimum Gasteiger partial charge on any atom is -0.435 e. The van der Waals surface area contributed by atoms with Crippen molar-refractivity contribution < 1.29 is 18.3 Å². The molecule has 4 heteroatoms. The zero-order valence-electron chi connectivity index (χ0n) is 9.04. The quantitative estimate of drug-likeness (QED) is 0.736. The topological polar surface area (TPSA) is 26.3 Å². The SMILES string of the molecule is CC(=O)/C=C(/C)c1ccc(OC(F)F)cc1. The first-order chi connectivity index (χ1) is 7.49. The van der Waals surface area contributed by atoms with E-state index in [1.807, 2.05) is 0 Å². The Kier molecular flexibility index (Phi) is 4.17. The van der Waals surface area contributed by atoms with Crippen LogP contribution in [0.3, 0.4) is 0 Å². The number of benzene rings is 1. The Labute approximate surface area is 92.5 Å². The molecule has 0 atom stereocenters. The van der Waals surface area contributed by atoms with Crippen molar-refractivity contribution in [3.05, 3.63) is 35.9 Å². The van der Waals surface area contributed by atoms with Crippen LogP contribution in [-0.4, -0.2) is 12.4 Å². The van der Waals surface area contributed by atoms with Gasteiger partial charge in [-0.3, -0.25) is 4.79 Å². The third-order valence-corrected chi connectivity index (χ3v) is 1.95. The van der Waals surface area contributed by atoms with Gasteiger partial charge in [-0.05, 0) is 43.2 Å². The second-order valence-corrected chi connectivity index (χ2v) is 3.34. The number of hydrogen-bond acceptors (Lipinski definition) is 2. The highest BCUT2D eigenvalue weighted by atomic mass is 19.3. The number of allylic oxidation sites excluding steroid dienone is 2. The minimum absolute atomic E-state index is 0.0505. The number of halogens is 2. The molecule has 0 N–H and O–H groups in total. The molecule has 1 aromatic rings. The van der Waals surface area contributed by atoms with E-state index in [2.05, 4.69) is 4.74 Å². The van der Waals surface area contributed by atoms with Gasteiger partial charge >= 0.3 is 6.61 Å². The van der Waals surface area contributed by atoms with E-state index in [0.717, 1.165) is 11.1 Å². The largest absolute Gasteiger partial charge is 0.435 e. The fraction of sp³-hybridized carbons (Fsp3) is 0.250. The van der Waals surface area contributed by atoms with Crippen LogP contribution in [0.15, 0.2) is 30.3 Å². The average Bonchev–Trinajstić information content (AvgIpc) is 2.16. The summed E-state index contributed by atoms with van der Waals surface area (Å²) in [5.74, 6) is 0.0554. The lowest BCUT2D eigenvalue weighted by Gasteiger charge is -2.05. The van der Waals surface area contributed by atoms with Gasteiger partial charge in [0.2, 0.25) is 0 Å². The lowest BCUT2D eigenvalue weighted by molar-refractivity contribution is -0.112. The summed E-state index contributed by atoms with van der Waals surface area (Å²) in [7, 11) is 0. The third kappa shape index (κ3) is 3.81. The summed E-state index contributed by atoms with van der Waals surface area (Å²) < 4.78 is 28.0. The summed E-state index contributed by atoms with van der Waals surface area (Å²) in [5.41, 5.74) is 1.59. The van der Waals surface area contributed by atoms with E-state index in [0.29, 0.717) is 0 Å². The van der Waals surface area contributed by atoms with Crippen LogP contribution in [-0.2, 0) is 4.79 Å². The van der Waals surface area contributed by atoms with Crippen molar-refractivity contribution in [3.63, 3.8) is 0 Å². The predicted molar refractivity (Wildman–Crippen MR) is 57.4 cm³/mol. The first-order valence-corrected chi connectivity index (χ1v) is 4.73. The van der Waals surface area contributed by atoms with Crippen LogP contribution in [0.4, 0.5) is 8.78 Å². The molecule has 0 saturated heterocycles. The van der Waals surface area contributed by atoms with E-state index in [-0.39, 0.29) is 11.5 Å². The molecule has 0 fully saturated rings. The molecule has 0 aliphatic rings. The van der Waals surface area contributed by atoms with Crippen molar-refractivity contribution in [1.82, 2.24) is 0 Å². The molecule has 0 aliphatic carbocycles. The monoisotopic (exact) mass is 226 g/mol. The molecule has 0 radical (unpaired) electrons. The number of ketones is 1. The Balaban J connectivity index is 2.82. The molecule has 0 saturated carbocycles. The van der Waals surface area contributed by atoms with Gasteiger partial charge in [0.05, 0.1) is 0 Å². The molecular formula is C12H12F2O2. The zero-order chi connectivity index (χ0) is 12.1. The first-order valence-electron chi connectivity index (χ1n) is 4.73. The fourth-order valence-corrected chi connectivity index (χ4v) is 1.29. The molecule has 0 unspecified atom stereocenters. The molecule has 0 heterocycles. The van der Waals surface area contributed by atoms with Crippen molar-refractivity contribution in [2.24, 2.45) is 0 Å². The number of ether oxygens (including phenoxy) is 1. The van der Waals surface area contributed by atoms with Crippen molar-refractivity contribution >= 4 is 11.4 Å². The zero-order valence-corrected chi connectivity index (χ0v) is 9.04. The number of hydrogen-bond donors (Lipinski definition) is 0. The van der Waals surface area contributed by atoms with Gasteiger partial charge in [0, 0.05) is 0 Å². The summed E-state index contributed by atoms with van der Waals surface area (Å²) in [6, 6.07) is 6.15. The van der Waals surface area contributed by atoms with Gasteiger partial charge in [0.25, 0.3) is 0 Å². The highest BCUT2D eigenvalue weighted by Gasteiger charge is 2.04. The molecular weight excluding hydrogens is 214 g/mol. The molecule has 0 aliphatic heterocycles.